The van der Waals surface area contributed by atoms with Crippen molar-refractivity contribution >= 4 is 11.7 Å². The van der Waals surface area contributed by atoms with Gasteiger partial charge in [-0.25, -0.2) is 9.97 Å². The van der Waals surface area contributed by atoms with Crippen molar-refractivity contribution in [2.75, 3.05) is 39.2 Å². The minimum Gasteiger partial charge on any atom is -0.496 e. The zero-order chi connectivity index (χ0) is 17.8. The molecule has 0 radical (unpaired) electrons. The first kappa shape index (κ1) is 17.0. The van der Waals surface area contributed by atoms with E-state index in [1.165, 1.54) is 6.33 Å². The molecule has 1 aromatic carbocycles. The summed E-state index contributed by atoms with van der Waals surface area (Å²) in [5.41, 5.74) is 0.572. The zero-order valence-corrected chi connectivity index (χ0v) is 14.7. The molecule has 1 fully saturated rings. The van der Waals surface area contributed by atoms with Gasteiger partial charge >= 0.3 is 0 Å². The number of carbonyl (C=O) groups excluding carboxylic acids is 1. The lowest BCUT2D eigenvalue weighted by atomic mass is 10.2. The maximum Gasteiger partial charge on any atom is 0.257 e. The zero-order valence-electron chi connectivity index (χ0n) is 14.7. The van der Waals surface area contributed by atoms with Gasteiger partial charge in [-0.2, -0.15) is 0 Å². The second-order valence-electron chi connectivity index (χ2n) is 6.09. The molecule has 1 amide bonds. The van der Waals surface area contributed by atoms with E-state index in [0.29, 0.717) is 30.3 Å². The smallest absolute Gasteiger partial charge is 0.257 e. The SMILES string of the molecule is COc1ccccc1C(=O)N1CC[C@H](Oc2cc(N(C)C)ncn2)C1. The molecule has 0 N–H and O–H groups in total. The predicted octanol–water partition coefficient (Wildman–Crippen LogP) is 1.84. The summed E-state index contributed by atoms with van der Waals surface area (Å²) in [6.07, 6.45) is 2.17. The molecule has 1 aliphatic heterocycles. The first-order valence-corrected chi connectivity index (χ1v) is 8.17. The lowest BCUT2D eigenvalue weighted by Gasteiger charge is -2.18. The molecule has 1 aromatic heterocycles. The molecular formula is C18H22N4O3. The fraction of sp³-hybridized carbons (Fsp3) is 0.389. The monoisotopic (exact) mass is 342 g/mol. The van der Waals surface area contributed by atoms with Gasteiger partial charge in [-0.05, 0) is 12.1 Å². The Morgan fingerprint density at radius 2 is 2.08 bits per heavy atom. The second-order valence-corrected chi connectivity index (χ2v) is 6.09. The van der Waals surface area contributed by atoms with Crippen LogP contribution in [0.5, 0.6) is 11.6 Å². The van der Waals surface area contributed by atoms with Gasteiger partial charge in [-0.1, -0.05) is 12.1 Å². The summed E-state index contributed by atoms with van der Waals surface area (Å²) in [6, 6.07) is 9.06. The third kappa shape index (κ3) is 3.81. The number of para-hydroxylation sites is 1. The van der Waals surface area contributed by atoms with Crippen LogP contribution in [-0.4, -0.2) is 61.2 Å². The molecule has 0 bridgehead atoms. The van der Waals surface area contributed by atoms with E-state index in [0.717, 1.165) is 12.2 Å². The maximum absolute atomic E-state index is 12.7. The summed E-state index contributed by atoms with van der Waals surface area (Å²) >= 11 is 0. The lowest BCUT2D eigenvalue weighted by molar-refractivity contribution is 0.0768. The number of ether oxygens (including phenoxy) is 2. The van der Waals surface area contributed by atoms with Crippen molar-refractivity contribution in [3.63, 3.8) is 0 Å². The van der Waals surface area contributed by atoms with Crippen LogP contribution in [0.1, 0.15) is 16.8 Å². The Morgan fingerprint density at radius 1 is 1.28 bits per heavy atom. The van der Waals surface area contributed by atoms with Crippen molar-refractivity contribution in [1.29, 1.82) is 0 Å². The fourth-order valence-electron chi connectivity index (χ4n) is 2.81. The molecule has 1 atom stereocenters. The van der Waals surface area contributed by atoms with Crippen molar-refractivity contribution in [2.45, 2.75) is 12.5 Å². The summed E-state index contributed by atoms with van der Waals surface area (Å²) in [4.78, 5) is 24.7. The van der Waals surface area contributed by atoms with E-state index in [1.807, 2.05) is 31.1 Å². The quantitative estimate of drug-likeness (QED) is 0.826. The molecule has 0 unspecified atom stereocenters. The van der Waals surface area contributed by atoms with Crippen LogP contribution in [0, 0.1) is 0 Å². The highest BCUT2D eigenvalue weighted by atomic mass is 16.5. The summed E-state index contributed by atoms with van der Waals surface area (Å²) in [5.74, 6) is 1.85. The maximum atomic E-state index is 12.7. The Balaban J connectivity index is 1.65. The highest BCUT2D eigenvalue weighted by Gasteiger charge is 2.29. The van der Waals surface area contributed by atoms with Gasteiger partial charge in [0, 0.05) is 33.1 Å². The summed E-state index contributed by atoms with van der Waals surface area (Å²) in [7, 11) is 5.39. The van der Waals surface area contributed by atoms with Crippen LogP contribution in [0.2, 0.25) is 0 Å². The number of methoxy groups -OCH3 is 1. The van der Waals surface area contributed by atoms with Gasteiger partial charge in [0.1, 0.15) is 24.0 Å². The van der Waals surface area contributed by atoms with Crippen LogP contribution >= 0.6 is 0 Å². The number of nitrogens with zero attached hydrogens (tertiary/aromatic N) is 4. The van der Waals surface area contributed by atoms with E-state index in [4.69, 9.17) is 9.47 Å². The molecule has 25 heavy (non-hydrogen) atoms. The molecule has 2 aromatic rings. The van der Waals surface area contributed by atoms with Crippen molar-refractivity contribution < 1.29 is 14.3 Å². The molecule has 1 aliphatic rings. The van der Waals surface area contributed by atoms with Gasteiger partial charge < -0.3 is 19.3 Å². The molecule has 0 spiro atoms. The van der Waals surface area contributed by atoms with Gasteiger partial charge in [-0.15, -0.1) is 0 Å². The number of carbonyl (C=O) groups is 1. The summed E-state index contributed by atoms with van der Waals surface area (Å²) in [5, 5.41) is 0. The minimum atomic E-state index is -0.0800. The van der Waals surface area contributed by atoms with Crippen molar-refractivity contribution in [3.05, 3.63) is 42.2 Å². The second kappa shape index (κ2) is 7.38. The Kier molecular flexibility index (Phi) is 5.02. The molecule has 7 nitrogen and oxygen atoms in total. The van der Waals surface area contributed by atoms with Gasteiger partial charge in [-0.3, -0.25) is 4.79 Å². The molecule has 132 valence electrons. The third-order valence-corrected chi connectivity index (χ3v) is 4.14. The minimum absolute atomic E-state index is 0.0415. The van der Waals surface area contributed by atoms with E-state index in [2.05, 4.69) is 9.97 Å². The number of hydrogen-bond donors (Lipinski definition) is 0. The van der Waals surface area contributed by atoms with Crippen LogP contribution in [0.25, 0.3) is 0 Å². The summed E-state index contributed by atoms with van der Waals surface area (Å²) in [6.45, 7) is 1.17. The van der Waals surface area contributed by atoms with E-state index in [1.54, 1.807) is 30.2 Å². The van der Waals surface area contributed by atoms with Crippen LogP contribution in [0.15, 0.2) is 36.7 Å². The summed E-state index contributed by atoms with van der Waals surface area (Å²) < 4.78 is 11.2. The fourth-order valence-corrected chi connectivity index (χ4v) is 2.81. The van der Waals surface area contributed by atoms with Gasteiger partial charge in [0.05, 0.1) is 19.2 Å². The lowest BCUT2D eigenvalue weighted by Crippen LogP contribution is -2.31. The Hall–Kier alpha value is -2.83. The van der Waals surface area contributed by atoms with Crippen molar-refractivity contribution in [1.82, 2.24) is 14.9 Å². The number of benzene rings is 1. The first-order valence-electron chi connectivity index (χ1n) is 8.17. The highest BCUT2D eigenvalue weighted by Crippen LogP contribution is 2.24. The van der Waals surface area contributed by atoms with Crippen molar-refractivity contribution in [3.8, 4) is 11.6 Å². The average molecular weight is 342 g/mol. The molecule has 7 heteroatoms. The molecular weight excluding hydrogens is 320 g/mol. The van der Waals surface area contributed by atoms with Gasteiger partial charge in [0.25, 0.3) is 5.91 Å². The molecule has 2 heterocycles. The normalized spacial score (nSPS) is 16.6. The average Bonchev–Trinajstić information content (AvgIpc) is 3.09. The first-order chi connectivity index (χ1) is 12.1. The molecule has 0 saturated carbocycles. The number of amides is 1. The van der Waals surface area contributed by atoms with Gasteiger partial charge in [0.2, 0.25) is 5.88 Å². The third-order valence-electron chi connectivity index (χ3n) is 4.14. The number of hydrogen-bond acceptors (Lipinski definition) is 6. The van der Waals surface area contributed by atoms with Crippen LogP contribution in [0.4, 0.5) is 5.82 Å². The largest absolute Gasteiger partial charge is 0.496 e. The highest BCUT2D eigenvalue weighted by molar-refractivity contribution is 5.97. The molecule has 3 rings (SSSR count). The van der Waals surface area contributed by atoms with E-state index in [9.17, 15) is 4.79 Å². The Labute approximate surface area is 147 Å². The molecule has 0 aliphatic carbocycles. The van der Waals surface area contributed by atoms with E-state index in [-0.39, 0.29) is 12.0 Å². The van der Waals surface area contributed by atoms with Crippen molar-refractivity contribution in [2.24, 2.45) is 0 Å². The van der Waals surface area contributed by atoms with Gasteiger partial charge in [0.15, 0.2) is 0 Å². The Morgan fingerprint density at radius 3 is 2.84 bits per heavy atom. The van der Waals surface area contributed by atoms with E-state index < -0.39 is 0 Å². The number of likely N-dealkylation sites (tertiary alicyclic amines) is 1. The Bertz CT molecular complexity index is 751. The van der Waals surface area contributed by atoms with Crippen LogP contribution in [0.3, 0.4) is 0 Å². The topological polar surface area (TPSA) is 67.8 Å². The number of anilines is 1. The predicted molar refractivity (Wildman–Crippen MR) is 94.3 cm³/mol. The van der Waals surface area contributed by atoms with E-state index >= 15 is 0 Å². The van der Waals surface area contributed by atoms with Crippen LogP contribution < -0.4 is 14.4 Å². The standard InChI is InChI=1S/C18H22N4O3/c1-21(2)16-10-17(20-12-19-16)25-13-8-9-22(11-13)18(23)14-6-4-5-7-15(14)24-3/h4-7,10,12-13H,8-9,11H2,1-3H3/t13-/m0/s1. The number of aromatic nitrogens is 2. The number of rotatable bonds is 5. The molecule has 1 saturated heterocycles. The van der Waals surface area contributed by atoms with Crippen LogP contribution in [-0.2, 0) is 0 Å².